The van der Waals surface area contributed by atoms with Gasteiger partial charge in [-0.3, -0.25) is 4.79 Å². The van der Waals surface area contributed by atoms with Crippen LogP contribution in [0.1, 0.15) is 303 Å². The molecule has 0 aromatic rings. The number of carbonyl (C=O) groups excluding carboxylic acids is 1. The van der Waals surface area contributed by atoms with Crippen LogP contribution in [0.4, 0.5) is 0 Å². The highest BCUT2D eigenvalue weighted by Gasteiger charge is 2.51. The van der Waals surface area contributed by atoms with Gasteiger partial charge >= 0.3 is 0 Å². The first kappa shape index (κ1) is 82.5. The van der Waals surface area contributed by atoms with E-state index in [1.54, 1.807) is 0 Å². The minimum atomic E-state index is -1.78. The van der Waals surface area contributed by atoms with Crippen LogP contribution in [-0.4, -0.2) is 140 Å². The van der Waals surface area contributed by atoms with E-state index in [4.69, 9.17) is 18.9 Å². The monoisotopic (exact) mass is 1260 g/mol. The Labute approximate surface area is 542 Å². The molecular formula is C75H135NO13. The van der Waals surface area contributed by atoms with Crippen molar-refractivity contribution in [2.24, 2.45) is 0 Å². The van der Waals surface area contributed by atoms with Crippen molar-refractivity contribution >= 4 is 5.91 Å². The average Bonchev–Trinajstić information content (AvgIpc) is 1.44. The summed E-state index contributed by atoms with van der Waals surface area (Å²) in [7, 11) is 0. The number of aliphatic hydroxyl groups excluding tert-OH is 8. The van der Waals surface area contributed by atoms with Gasteiger partial charge in [0.1, 0.15) is 48.8 Å². The lowest BCUT2D eigenvalue weighted by molar-refractivity contribution is -0.359. The van der Waals surface area contributed by atoms with Crippen LogP contribution in [0, 0.1) is 0 Å². The Morgan fingerprint density at radius 2 is 0.775 bits per heavy atom. The maximum atomic E-state index is 13.4. The zero-order chi connectivity index (χ0) is 64.5. The second kappa shape index (κ2) is 59.2. The van der Waals surface area contributed by atoms with Gasteiger partial charge < -0.3 is 65.1 Å². The fourth-order valence-electron chi connectivity index (χ4n) is 11.9. The highest BCUT2D eigenvalue weighted by atomic mass is 16.7. The second-order valence-electron chi connectivity index (χ2n) is 25.7. The van der Waals surface area contributed by atoms with Crippen LogP contribution >= 0.6 is 0 Å². The van der Waals surface area contributed by atoms with Crippen molar-refractivity contribution < 1.29 is 64.6 Å². The molecule has 12 unspecified atom stereocenters. The van der Waals surface area contributed by atoms with E-state index in [9.17, 15) is 45.6 Å². The summed E-state index contributed by atoms with van der Waals surface area (Å²) in [6.45, 7) is 2.78. The molecule has 14 nitrogen and oxygen atoms in total. The van der Waals surface area contributed by atoms with Crippen molar-refractivity contribution in [1.82, 2.24) is 5.32 Å². The zero-order valence-corrected chi connectivity index (χ0v) is 56.4. The summed E-state index contributed by atoms with van der Waals surface area (Å²) in [5, 5.41) is 87.6. The van der Waals surface area contributed by atoms with Crippen molar-refractivity contribution in [2.75, 3.05) is 19.8 Å². The lowest BCUT2D eigenvalue weighted by atomic mass is 9.97. The summed E-state index contributed by atoms with van der Waals surface area (Å²) >= 11 is 0. The lowest BCUT2D eigenvalue weighted by Gasteiger charge is -2.46. The van der Waals surface area contributed by atoms with Crippen LogP contribution in [0.15, 0.2) is 72.9 Å². The van der Waals surface area contributed by atoms with Crippen molar-refractivity contribution in [3.8, 4) is 0 Å². The number of unbranched alkanes of at least 4 members (excludes halogenated alkanes) is 35. The maximum absolute atomic E-state index is 13.4. The van der Waals surface area contributed by atoms with Gasteiger partial charge in [0.05, 0.1) is 32.0 Å². The molecule has 2 aliphatic heterocycles. The lowest BCUT2D eigenvalue weighted by Crippen LogP contribution is -2.65. The maximum Gasteiger partial charge on any atom is 0.220 e. The summed E-state index contributed by atoms with van der Waals surface area (Å²) in [6.07, 6.45) is 63.5. The number of nitrogens with one attached hydrogen (secondary N) is 1. The fraction of sp³-hybridized carbons (Fsp3) is 0.827. The SMILES string of the molecule is CC/C=C\C/C=C\C/C=C\C/C=C\C/C=C\C/C=C\CCCCCCCCCCCCCCCCCCCCC(=O)NC(COC1OC(CO)C(OC2OC(CO)C(O)C(O)C2O)C(O)C1O)C(O)CCCCCCCCCCCCCCCCCCCC. The largest absolute Gasteiger partial charge is 0.394 e. The first-order valence-electron chi connectivity index (χ1n) is 36.7. The highest BCUT2D eigenvalue weighted by Crippen LogP contribution is 2.30. The van der Waals surface area contributed by atoms with Crippen molar-refractivity contribution in [3.05, 3.63) is 72.9 Å². The van der Waals surface area contributed by atoms with Crippen molar-refractivity contribution in [3.63, 3.8) is 0 Å². The molecule has 14 heteroatoms. The molecule has 0 aromatic heterocycles. The minimum Gasteiger partial charge on any atom is -0.394 e. The molecule has 2 saturated heterocycles. The van der Waals surface area contributed by atoms with E-state index in [2.05, 4.69) is 92.1 Å². The smallest absolute Gasteiger partial charge is 0.220 e. The van der Waals surface area contributed by atoms with E-state index in [-0.39, 0.29) is 12.5 Å². The van der Waals surface area contributed by atoms with Crippen LogP contribution in [-0.2, 0) is 23.7 Å². The minimum absolute atomic E-state index is 0.203. The number of rotatable bonds is 60. The van der Waals surface area contributed by atoms with Gasteiger partial charge in [0.2, 0.25) is 5.91 Å². The van der Waals surface area contributed by atoms with E-state index >= 15 is 0 Å². The third kappa shape index (κ3) is 43.1. The molecule has 2 fully saturated rings. The average molecular weight is 1260 g/mol. The number of carbonyl (C=O) groups is 1. The number of aliphatic hydroxyl groups is 8. The molecule has 2 heterocycles. The molecular weight excluding hydrogens is 1120 g/mol. The van der Waals surface area contributed by atoms with Gasteiger partial charge in [-0.2, -0.15) is 0 Å². The molecule has 0 radical (unpaired) electrons. The highest BCUT2D eigenvalue weighted by molar-refractivity contribution is 5.76. The Hall–Kier alpha value is -2.57. The molecule has 2 aliphatic rings. The number of ether oxygens (including phenoxy) is 4. The topological polar surface area (TPSA) is 228 Å². The Bertz CT molecular complexity index is 1770. The van der Waals surface area contributed by atoms with Gasteiger partial charge in [-0.05, 0) is 64.2 Å². The fourth-order valence-corrected chi connectivity index (χ4v) is 11.9. The Morgan fingerprint density at radius 3 is 1.19 bits per heavy atom. The molecule has 0 aliphatic carbocycles. The first-order valence-corrected chi connectivity index (χ1v) is 36.7. The predicted molar refractivity (Wildman–Crippen MR) is 364 cm³/mol. The second-order valence-corrected chi connectivity index (χ2v) is 25.7. The van der Waals surface area contributed by atoms with Crippen LogP contribution in [0.5, 0.6) is 0 Å². The standard InChI is InChI=1S/C75H135NO13/c1-3-5-7-9-11-13-15-17-19-21-23-24-25-26-27-28-29-30-31-32-33-34-35-36-37-38-39-40-41-43-45-47-49-51-53-55-57-59-67(80)76-63(64(79)58-56-54-52-50-48-46-44-42-22-20-18-16-14-12-10-8-6-4-2)62-86-74-72(85)70(83)73(66(61-78)88-74)89-75-71(84)69(82)68(81)65(60-77)87-75/h5,7,11,13,17,19,23-24,26-27,29-30,63-66,68-75,77-79,81-85H,3-4,6,8-10,12,14-16,18,20-22,25,28,31-62H2,1-2H3,(H,76,80)/b7-5-,13-11-,19-17-,24-23-,27-26-,30-29-. The zero-order valence-electron chi connectivity index (χ0n) is 56.4. The van der Waals surface area contributed by atoms with E-state index in [1.807, 2.05) is 0 Å². The molecule has 518 valence electrons. The van der Waals surface area contributed by atoms with Crippen molar-refractivity contribution in [1.29, 1.82) is 0 Å². The summed E-state index contributed by atoms with van der Waals surface area (Å²) < 4.78 is 22.9. The number of hydrogen-bond acceptors (Lipinski definition) is 13. The van der Waals surface area contributed by atoms with Gasteiger partial charge in [-0.15, -0.1) is 0 Å². The van der Waals surface area contributed by atoms with Crippen LogP contribution in [0.25, 0.3) is 0 Å². The summed E-state index contributed by atoms with van der Waals surface area (Å²) in [5.74, 6) is -0.203. The van der Waals surface area contributed by atoms with Crippen LogP contribution in [0.3, 0.4) is 0 Å². The number of allylic oxidation sites excluding steroid dienone is 12. The molecule has 0 spiro atoms. The van der Waals surface area contributed by atoms with Crippen molar-refractivity contribution in [2.45, 2.75) is 376 Å². The molecule has 89 heavy (non-hydrogen) atoms. The van der Waals surface area contributed by atoms with E-state index in [0.717, 1.165) is 89.9 Å². The van der Waals surface area contributed by atoms with Crippen LogP contribution < -0.4 is 5.32 Å². The summed E-state index contributed by atoms with van der Waals surface area (Å²) in [4.78, 5) is 13.4. The van der Waals surface area contributed by atoms with Gasteiger partial charge in [0.25, 0.3) is 0 Å². The summed E-state index contributed by atoms with van der Waals surface area (Å²) in [5.41, 5.74) is 0. The molecule has 12 atom stereocenters. The molecule has 2 rings (SSSR count). The van der Waals surface area contributed by atoms with Gasteiger partial charge in [-0.25, -0.2) is 0 Å². The third-order valence-corrected chi connectivity index (χ3v) is 17.7. The third-order valence-electron chi connectivity index (χ3n) is 17.7. The molecule has 0 saturated carbocycles. The quantitative estimate of drug-likeness (QED) is 0.0204. The number of amides is 1. The first-order chi connectivity index (χ1) is 43.6. The summed E-state index contributed by atoms with van der Waals surface area (Å²) in [6, 6.07) is -0.831. The van der Waals surface area contributed by atoms with Gasteiger partial charge in [-0.1, -0.05) is 305 Å². The van der Waals surface area contributed by atoms with Gasteiger partial charge in [0, 0.05) is 6.42 Å². The Balaban J connectivity index is 1.60. The Kier molecular flexibility index (Phi) is 54.9. The normalized spacial score (nSPS) is 23.4. The predicted octanol–water partition coefficient (Wildman–Crippen LogP) is 15.4. The Morgan fingerprint density at radius 1 is 0.416 bits per heavy atom. The number of hydrogen-bond donors (Lipinski definition) is 9. The van der Waals surface area contributed by atoms with E-state index < -0.39 is 86.8 Å². The molecule has 9 N–H and O–H groups in total. The molecule has 0 bridgehead atoms. The van der Waals surface area contributed by atoms with Gasteiger partial charge in [0.15, 0.2) is 12.6 Å². The molecule has 0 aromatic carbocycles. The molecule has 1 amide bonds. The van der Waals surface area contributed by atoms with E-state index in [1.165, 1.54) is 186 Å². The van der Waals surface area contributed by atoms with Crippen LogP contribution in [0.2, 0.25) is 0 Å². The van der Waals surface area contributed by atoms with E-state index in [0.29, 0.717) is 12.8 Å².